The molecule has 0 aromatic heterocycles. The van der Waals surface area contributed by atoms with Crippen molar-refractivity contribution >= 4 is 33.9 Å². The van der Waals surface area contributed by atoms with Gasteiger partial charge >= 0.3 is 6.09 Å². The largest absolute Gasteiger partial charge is 0.487 e. The van der Waals surface area contributed by atoms with E-state index in [1.165, 1.54) is 4.90 Å². The Balaban J connectivity index is 1.25. The number of fused-ring (bicyclic) bond motifs is 1. The fraction of sp³-hybridized carbons (Fsp3) is 0.423. The molecule has 0 spiro atoms. The number of likely N-dealkylation sites (N-methyl/N-ethyl adjacent to an activating group) is 1. The lowest BCUT2D eigenvalue weighted by molar-refractivity contribution is -0.123. The number of carbonyl (C=O) groups excluding carboxylic acids is 3. The van der Waals surface area contributed by atoms with Gasteiger partial charge < -0.3 is 35.2 Å². The molecular weight excluding hydrogens is 867 g/mol. The highest BCUT2D eigenvalue weighted by Gasteiger charge is 2.43. The standard InChI is InChI=1S/C52H69N7O7S/c1-12-44(52(31-35(3)58(9)10,40-25-18-14-19-26-40)41-27-20-15-21-28-41)65-50(62)59(11)33-34(2)55-48(61)43(56-47(60)39-23-16-13-17-24-39)29-22-30-54-49(53)57-67(63,64)46-37(5)36(4)45-42(38(46)6)32-51(7,8)66-45/h12-21,23-28,34-35,43H,22,29-33H2,1-11H3,(H,55,61)(H,56,60)(H3,53,54,57)/t34?,35?,43-/m0/s1. The number of hydrogen-bond acceptors (Lipinski definition) is 9. The Morgan fingerprint density at radius 2 is 1.43 bits per heavy atom. The van der Waals surface area contributed by atoms with Crippen LogP contribution in [0.15, 0.2) is 108 Å². The van der Waals surface area contributed by atoms with Crippen LogP contribution >= 0.6 is 0 Å². The highest BCUT2D eigenvalue weighted by Crippen LogP contribution is 2.45. The van der Waals surface area contributed by atoms with Crippen LogP contribution in [-0.4, -0.2) is 100 Å². The van der Waals surface area contributed by atoms with Crippen molar-refractivity contribution in [3.63, 3.8) is 0 Å². The lowest BCUT2D eigenvalue weighted by atomic mass is 9.68. The fourth-order valence-corrected chi connectivity index (χ4v) is 10.3. The van der Waals surface area contributed by atoms with Gasteiger partial charge in [-0.3, -0.25) is 15.0 Å². The monoisotopic (exact) mass is 935 g/mol. The van der Waals surface area contributed by atoms with Gasteiger partial charge in [0.1, 0.15) is 23.2 Å². The molecule has 67 heavy (non-hydrogen) atoms. The van der Waals surface area contributed by atoms with Gasteiger partial charge in [-0.2, -0.15) is 0 Å². The summed E-state index contributed by atoms with van der Waals surface area (Å²) in [5.41, 5.74) is 3.77. The number of nitrogens with zero attached hydrogens (tertiary/aromatic N) is 2. The molecule has 1 heterocycles. The summed E-state index contributed by atoms with van der Waals surface area (Å²) >= 11 is 0. The third-order valence-corrected chi connectivity index (χ3v) is 14.2. The van der Waals surface area contributed by atoms with Gasteiger partial charge in [-0.1, -0.05) is 78.9 Å². The number of sulfonamides is 1. The molecule has 0 saturated heterocycles. The molecule has 5 rings (SSSR count). The number of hydrogen-bond donors (Lipinski definition) is 5. The van der Waals surface area contributed by atoms with Crippen LogP contribution in [0.3, 0.4) is 0 Å². The number of carbonyl (C=O) groups is 3. The van der Waals surface area contributed by atoms with Crippen molar-refractivity contribution in [2.24, 2.45) is 0 Å². The van der Waals surface area contributed by atoms with Crippen LogP contribution in [0.25, 0.3) is 0 Å². The van der Waals surface area contributed by atoms with Crippen LogP contribution in [-0.2, 0) is 31.4 Å². The summed E-state index contributed by atoms with van der Waals surface area (Å²) in [6.45, 7) is 15.2. The van der Waals surface area contributed by atoms with Crippen LogP contribution < -0.4 is 25.4 Å². The number of amides is 3. The highest BCUT2D eigenvalue weighted by molar-refractivity contribution is 7.90. The first-order chi connectivity index (χ1) is 31.6. The summed E-state index contributed by atoms with van der Waals surface area (Å²) in [6, 6.07) is 27.1. The average molecular weight is 936 g/mol. The molecule has 360 valence electrons. The zero-order chi connectivity index (χ0) is 49.3. The van der Waals surface area contributed by atoms with Crippen LogP contribution in [0, 0.1) is 26.2 Å². The van der Waals surface area contributed by atoms with Gasteiger partial charge in [-0.15, -0.1) is 0 Å². The molecule has 1 aliphatic heterocycles. The SMILES string of the molecule is CC=C(OC(=O)N(C)CC(C)NC(=O)[C@H](CCCNC(=N)NS(=O)(=O)c1c(C)c(C)c2c(c1C)CC(C)(C)O2)NC(=O)c1ccccc1)C(CC(C)N(C)C)(c1ccccc1)c1ccccc1. The van der Waals surface area contributed by atoms with E-state index in [-0.39, 0.29) is 36.9 Å². The van der Waals surface area contributed by atoms with Gasteiger partial charge in [-0.25, -0.2) is 17.9 Å². The summed E-state index contributed by atoms with van der Waals surface area (Å²) in [6.07, 6.45) is 2.85. The molecular formula is C52H69N7O7S. The van der Waals surface area contributed by atoms with Crippen LogP contribution in [0.5, 0.6) is 5.75 Å². The predicted molar refractivity (Wildman–Crippen MR) is 264 cm³/mol. The Morgan fingerprint density at radius 3 is 1.99 bits per heavy atom. The van der Waals surface area contributed by atoms with Crippen molar-refractivity contribution in [1.29, 1.82) is 5.41 Å². The minimum atomic E-state index is -4.15. The van der Waals surface area contributed by atoms with Gasteiger partial charge in [0.15, 0.2) is 0 Å². The Hall–Kier alpha value is -6.19. The molecule has 0 radical (unpaired) electrons. The van der Waals surface area contributed by atoms with E-state index in [4.69, 9.17) is 14.9 Å². The summed E-state index contributed by atoms with van der Waals surface area (Å²) in [5, 5.41) is 17.1. The molecule has 15 heteroatoms. The lowest BCUT2D eigenvalue weighted by Gasteiger charge is -2.40. The van der Waals surface area contributed by atoms with E-state index in [9.17, 15) is 22.8 Å². The third kappa shape index (κ3) is 12.4. The zero-order valence-electron chi connectivity index (χ0n) is 40.9. The molecule has 0 fully saturated rings. The Bertz CT molecular complexity index is 2490. The maximum atomic E-state index is 14.0. The van der Waals surface area contributed by atoms with Gasteiger partial charge in [0.2, 0.25) is 11.9 Å². The third-order valence-electron chi connectivity index (χ3n) is 12.6. The number of ether oxygens (including phenoxy) is 2. The molecule has 4 aromatic rings. The minimum Gasteiger partial charge on any atom is -0.487 e. The summed E-state index contributed by atoms with van der Waals surface area (Å²) in [4.78, 5) is 45.0. The molecule has 5 N–H and O–H groups in total. The van der Waals surface area contributed by atoms with Crippen LogP contribution in [0.4, 0.5) is 4.79 Å². The summed E-state index contributed by atoms with van der Waals surface area (Å²) in [5.74, 6) is -0.159. The predicted octanol–water partition coefficient (Wildman–Crippen LogP) is 7.51. The maximum absolute atomic E-state index is 14.0. The molecule has 0 bridgehead atoms. The van der Waals surface area contributed by atoms with Crippen molar-refractivity contribution in [2.45, 2.75) is 115 Å². The average Bonchev–Trinajstić information content (AvgIpc) is 3.63. The molecule has 1 aliphatic rings. The van der Waals surface area contributed by atoms with Crippen molar-refractivity contribution < 1.29 is 32.3 Å². The molecule has 3 amide bonds. The number of allylic oxidation sites excluding steroid dienone is 2. The fourth-order valence-electron chi connectivity index (χ4n) is 8.79. The number of benzene rings is 4. The van der Waals surface area contributed by atoms with Crippen LogP contribution in [0.2, 0.25) is 0 Å². The van der Waals surface area contributed by atoms with E-state index in [2.05, 4.69) is 56.8 Å². The van der Waals surface area contributed by atoms with E-state index in [0.717, 1.165) is 22.3 Å². The van der Waals surface area contributed by atoms with Crippen molar-refractivity contribution in [2.75, 3.05) is 34.2 Å². The van der Waals surface area contributed by atoms with Crippen molar-refractivity contribution in [1.82, 2.24) is 30.5 Å². The second-order valence-corrected chi connectivity index (χ2v) is 20.1. The first-order valence-electron chi connectivity index (χ1n) is 22.8. The zero-order valence-corrected chi connectivity index (χ0v) is 41.7. The normalized spacial score (nSPS) is 14.8. The van der Waals surface area contributed by atoms with Crippen molar-refractivity contribution in [3.8, 4) is 5.75 Å². The van der Waals surface area contributed by atoms with E-state index in [1.807, 2.05) is 84.3 Å². The minimum absolute atomic E-state index is 0.0883. The first kappa shape index (κ1) is 51.8. The molecule has 3 atom stereocenters. The number of guanidine groups is 1. The van der Waals surface area contributed by atoms with E-state index in [1.54, 1.807) is 58.2 Å². The second-order valence-electron chi connectivity index (χ2n) is 18.5. The summed E-state index contributed by atoms with van der Waals surface area (Å²) < 4.78 is 42.3. The smallest absolute Gasteiger partial charge is 0.414 e. The molecule has 14 nitrogen and oxygen atoms in total. The number of nitrogens with one attached hydrogen (secondary N) is 5. The quantitative estimate of drug-likeness (QED) is 0.0275. The van der Waals surface area contributed by atoms with Gasteiger partial charge in [0.25, 0.3) is 15.9 Å². The lowest BCUT2D eigenvalue weighted by Crippen LogP contribution is -2.52. The van der Waals surface area contributed by atoms with Crippen molar-refractivity contribution in [3.05, 3.63) is 142 Å². The van der Waals surface area contributed by atoms with Gasteiger partial charge in [-0.05, 0) is 135 Å². The Labute approximate surface area is 397 Å². The maximum Gasteiger partial charge on any atom is 0.414 e. The Kier molecular flexibility index (Phi) is 17.1. The molecule has 2 unspecified atom stereocenters. The topological polar surface area (TPSA) is 182 Å². The Morgan fingerprint density at radius 1 is 0.866 bits per heavy atom. The first-order valence-corrected chi connectivity index (χ1v) is 24.3. The number of rotatable bonds is 19. The molecule has 0 aliphatic carbocycles. The van der Waals surface area contributed by atoms with E-state index in [0.29, 0.717) is 41.0 Å². The van der Waals surface area contributed by atoms with Gasteiger partial charge in [0, 0.05) is 49.8 Å². The highest BCUT2D eigenvalue weighted by atomic mass is 32.2. The van der Waals surface area contributed by atoms with Crippen LogP contribution in [0.1, 0.15) is 97.6 Å². The summed E-state index contributed by atoms with van der Waals surface area (Å²) in [7, 11) is 1.52. The second kappa shape index (κ2) is 22.1. The van der Waals surface area contributed by atoms with E-state index >= 15 is 0 Å². The van der Waals surface area contributed by atoms with Gasteiger partial charge in [0.05, 0.1) is 10.3 Å². The molecule has 0 saturated carbocycles. The molecule has 4 aromatic carbocycles. The van der Waals surface area contributed by atoms with E-state index < -0.39 is 57.0 Å².